The molecule has 5 rings (SSSR count). The number of likely N-dealkylation sites (tertiary alicyclic amines) is 1. The van der Waals surface area contributed by atoms with Crippen molar-refractivity contribution in [1.29, 1.82) is 0 Å². The summed E-state index contributed by atoms with van der Waals surface area (Å²) in [6.07, 6.45) is 4.04. The van der Waals surface area contributed by atoms with E-state index >= 15 is 0 Å². The number of fused-ring (bicyclic) bond motifs is 2. The first-order valence-electron chi connectivity index (χ1n) is 10.8. The highest BCUT2D eigenvalue weighted by atomic mass is 35.5. The molecule has 1 fully saturated rings. The van der Waals surface area contributed by atoms with Gasteiger partial charge in [0.05, 0.1) is 12.5 Å². The number of benzene rings is 3. The molecule has 1 amide bonds. The van der Waals surface area contributed by atoms with Gasteiger partial charge in [0.2, 0.25) is 5.91 Å². The number of halogens is 1. The summed E-state index contributed by atoms with van der Waals surface area (Å²) in [6, 6.07) is 23.8. The minimum Gasteiger partial charge on any atom is -0.337 e. The number of amides is 1. The molecule has 3 aromatic rings. The van der Waals surface area contributed by atoms with Gasteiger partial charge < -0.3 is 4.90 Å². The van der Waals surface area contributed by atoms with Crippen molar-refractivity contribution in [2.24, 2.45) is 0 Å². The third-order valence-electron chi connectivity index (χ3n) is 6.81. The van der Waals surface area contributed by atoms with Crippen LogP contribution in [0.25, 0.3) is 10.8 Å². The minimum atomic E-state index is 0. The van der Waals surface area contributed by atoms with E-state index in [1.54, 1.807) is 0 Å². The van der Waals surface area contributed by atoms with E-state index < -0.39 is 0 Å². The van der Waals surface area contributed by atoms with Crippen molar-refractivity contribution < 1.29 is 4.79 Å². The van der Waals surface area contributed by atoms with Crippen LogP contribution in [0.4, 0.5) is 0 Å². The predicted octanol–water partition coefficient (Wildman–Crippen LogP) is 5.02. The Bertz CT molecular complexity index is 1040. The van der Waals surface area contributed by atoms with Gasteiger partial charge in [0, 0.05) is 13.1 Å². The van der Waals surface area contributed by atoms with Crippen molar-refractivity contribution in [3.05, 3.63) is 83.4 Å². The van der Waals surface area contributed by atoms with Crippen molar-refractivity contribution in [2.45, 2.75) is 37.8 Å². The van der Waals surface area contributed by atoms with Crippen molar-refractivity contribution in [3.63, 3.8) is 0 Å². The van der Waals surface area contributed by atoms with Gasteiger partial charge in [-0.2, -0.15) is 0 Å². The lowest BCUT2D eigenvalue weighted by molar-refractivity contribution is -0.132. The summed E-state index contributed by atoms with van der Waals surface area (Å²) in [6.45, 7) is 2.31. The Kier molecular flexibility index (Phi) is 6.12. The topological polar surface area (TPSA) is 23.6 Å². The number of nitrogens with zero attached hydrogens (tertiary/aromatic N) is 2. The maximum Gasteiger partial charge on any atom is 0.227 e. The smallest absolute Gasteiger partial charge is 0.227 e. The molecule has 1 aliphatic carbocycles. The van der Waals surface area contributed by atoms with Gasteiger partial charge in [-0.3, -0.25) is 9.69 Å². The third kappa shape index (κ3) is 3.73. The van der Waals surface area contributed by atoms with E-state index in [0.717, 1.165) is 25.1 Å². The quantitative estimate of drug-likeness (QED) is 0.591. The Morgan fingerprint density at radius 3 is 2.50 bits per heavy atom. The van der Waals surface area contributed by atoms with Gasteiger partial charge in [-0.25, -0.2) is 0 Å². The van der Waals surface area contributed by atoms with Crippen molar-refractivity contribution in [3.8, 4) is 0 Å². The lowest BCUT2D eigenvalue weighted by atomic mass is 10.00. The van der Waals surface area contributed by atoms with Crippen LogP contribution in [0, 0.1) is 0 Å². The van der Waals surface area contributed by atoms with Crippen LogP contribution in [0.3, 0.4) is 0 Å². The van der Waals surface area contributed by atoms with E-state index in [0.29, 0.717) is 12.5 Å². The van der Waals surface area contributed by atoms with E-state index in [-0.39, 0.29) is 24.4 Å². The first kappa shape index (κ1) is 20.9. The predicted molar refractivity (Wildman–Crippen MR) is 125 cm³/mol. The summed E-state index contributed by atoms with van der Waals surface area (Å²) in [4.78, 5) is 18.0. The maximum absolute atomic E-state index is 13.4. The van der Waals surface area contributed by atoms with Crippen molar-refractivity contribution in [2.75, 3.05) is 20.1 Å². The fourth-order valence-corrected chi connectivity index (χ4v) is 5.31. The van der Waals surface area contributed by atoms with Crippen molar-refractivity contribution >= 4 is 29.1 Å². The van der Waals surface area contributed by atoms with Gasteiger partial charge in [-0.05, 0) is 59.8 Å². The highest BCUT2D eigenvalue weighted by molar-refractivity contribution is 5.90. The van der Waals surface area contributed by atoms with Crippen LogP contribution in [-0.4, -0.2) is 41.9 Å². The molecule has 0 saturated carbocycles. The zero-order valence-corrected chi connectivity index (χ0v) is 18.3. The Hall–Kier alpha value is -2.36. The molecule has 1 heterocycles. The number of carbonyl (C=O) groups is 1. The molecule has 3 aromatic carbocycles. The van der Waals surface area contributed by atoms with E-state index in [1.165, 1.54) is 34.7 Å². The van der Waals surface area contributed by atoms with Gasteiger partial charge in [0.25, 0.3) is 0 Å². The van der Waals surface area contributed by atoms with Crippen LogP contribution in [-0.2, 0) is 17.6 Å². The van der Waals surface area contributed by atoms with E-state index in [2.05, 4.69) is 71.6 Å². The molecule has 0 bridgehead atoms. The van der Waals surface area contributed by atoms with Gasteiger partial charge in [0.15, 0.2) is 0 Å². The molecule has 0 unspecified atom stereocenters. The Labute approximate surface area is 185 Å². The molecule has 0 spiro atoms. The Balaban J connectivity index is 0.00000218. The number of hydrogen-bond donors (Lipinski definition) is 0. The normalized spacial score (nSPS) is 20.7. The van der Waals surface area contributed by atoms with Crippen LogP contribution in [0.1, 0.15) is 35.6 Å². The molecule has 1 saturated heterocycles. The number of carbonyl (C=O) groups excluding carboxylic acids is 1. The summed E-state index contributed by atoms with van der Waals surface area (Å²) < 4.78 is 0. The van der Waals surface area contributed by atoms with Crippen LogP contribution in [0.5, 0.6) is 0 Å². The molecular formula is C26H29ClN2O. The molecule has 0 aromatic heterocycles. The molecule has 0 N–H and O–H groups in total. The summed E-state index contributed by atoms with van der Waals surface area (Å²) in [5.74, 6) is 0.201. The average molecular weight is 421 g/mol. The molecule has 4 heteroatoms. The monoisotopic (exact) mass is 420 g/mol. The molecular weight excluding hydrogens is 392 g/mol. The molecule has 156 valence electrons. The molecule has 3 nitrogen and oxygen atoms in total. The number of rotatable bonds is 4. The lowest BCUT2D eigenvalue weighted by Crippen LogP contribution is -2.44. The first-order valence-corrected chi connectivity index (χ1v) is 10.8. The van der Waals surface area contributed by atoms with Crippen LogP contribution in [0.15, 0.2) is 66.7 Å². The lowest BCUT2D eigenvalue weighted by Gasteiger charge is -2.35. The van der Waals surface area contributed by atoms with Crippen LogP contribution < -0.4 is 0 Å². The van der Waals surface area contributed by atoms with Crippen molar-refractivity contribution in [1.82, 2.24) is 9.80 Å². The SMILES string of the molecule is CN(C(=O)Cc1cccc2ccccc12)[C@@H]1c2ccccc2C[C@H]1N1CCCC1.Cl. The zero-order valence-electron chi connectivity index (χ0n) is 17.5. The summed E-state index contributed by atoms with van der Waals surface area (Å²) in [5, 5.41) is 2.38. The second-order valence-electron chi connectivity index (χ2n) is 8.48. The van der Waals surface area contributed by atoms with E-state index in [1.807, 2.05) is 11.9 Å². The third-order valence-corrected chi connectivity index (χ3v) is 6.81. The molecule has 0 radical (unpaired) electrons. The first-order chi connectivity index (χ1) is 14.2. The summed E-state index contributed by atoms with van der Waals surface area (Å²) in [5.41, 5.74) is 3.85. The Morgan fingerprint density at radius 1 is 0.967 bits per heavy atom. The van der Waals surface area contributed by atoms with Gasteiger partial charge in [0.1, 0.15) is 0 Å². The summed E-state index contributed by atoms with van der Waals surface area (Å²) in [7, 11) is 2.00. The molecule has 2 atom stereocenters. The molecule has 30 heavy (non-hydrogen) atoms. The minimum absolute atomic E-state index is 0. The molecule has 1 aliphatic heterocycles. The van der Waals surface area contributed by atoms with Gasteiger partial charge >= 0.3 is 0 Å². The second kappa shape index (κ2) is 8.79. The standard InChI is InChI=1S/C26H28N2O.ClH/c1-27(25(29)18-21-12-8-11-19-9-2-4-13-22(19)21)26-23-14-5-3-10-20(23)17-24(26)28-15-6-7-16-28;/h2-5,8-14,24,26H,6-7,15-18H2,1H3;1H/t24-,26-;/m1./s1. The highest BCUT2D eigenvalue weighted by Crippen LogP contribution is 2.39. The fraction of sp³-hybridized carbons (Fsp3) is 0.346. The Morgan fingerprint density at radius 2 is 1.67 bits per heavy atom. The van der Waals surface area contributed by atoms with Crippen LogP contribution >= 0.6 is 12.4 Å². The largest absolute Gasteiger partial charge is 0.337 e. The average Bonchev–Trinajstić information content (AvgIpc) is 3.41. The zero-order chi connectivity index (χ0) is 19.8. The van der Waals surface area contributed by atoms with Gasteiger partial charge in [-0.15, -0.1) is 12.4 Å². The maximum atomic E-state index is 13.4. The second-order valence-corrected chi connectivity index (χ2v) is 8.48. The summed E-state index contributed by atoms with van der Waals surface area (Å²) >= 11 is 0. The highest BCUT2D eigenvalue weighted by Gasteiger charge is 2.40. The van der Waals surface area contributed by atoms with Gasteiger partial charge in [-0.1, -0.05) is 66.7 Å². The number of hydrogen-bond acceptors (Lipinski definition) is 2. The number of likely N-dealkylation sites (N-methyl/N-ethyl adjacent to an activating group) is 1. The van der Waals surface area contributed by atoms with E-state index in [9.17, 15) is 4.79 Å². The van der Waals surface area contributed by atoms with E-state index in [4.69, 9.17) is 0 Å². The fourth-order valence-electron chi connectivity index (χ4n) is 5.31. The molecule has 2 aliphatic rings. The van der Waals surface area contributed by atoms with Crippen LogP contribution in [0.2, 0.25) is 0 Å².